The van der Waals surface area contributed by atoms with E-state index >= 15 is 0 Å². The largest absolute Gasteiger partial charge is 0.376 e. The van der Waals surface area contributed by atoms with Crippen LogP contribution in [0.25, 0.3) is 0 Å². The Kier molecular flexibility index (Phi) is 6.61. The average Bonchev–Trinajstić information content (AvgIpc) is 2.85. The standard InChI is InChI=1S/C6H10O2.C6H12O2/c1-5(7)6-3-2-4-8-6;1-2-6-5-7-3-4-8-6/h6H,2-4H2,1H3;6H,2-5H2,1H3. The van der Waals surface area contributed by atoms with E-state index in [0.717, 1.165) is 45.7 Å². The monoisotopic (exact) mass is 230 g/mol. The molecule has 0 aromatic rings. The van der Waals surface area contributed by atoms with Crippen molar-refractivity contribution in [3.8, 4) is 0 Å². The van der Waals surface area contributed by atoms with E-state index in [9.17, 15) is 4.79 Å². The van der Waals surface area contributed by atoms with Crippen LogP contribution in [0.5, 0.6) is 0 Å². The molecule has 0 saturated carbocycles. The van der Waals surface area contributed by atoms with Gasteiger partial charge in [0.2, 0.25) is 0 Å². The first-order valence-corrected chi connectivity index (χ1v) is 6.05. The highest BCUT2D eigenvalue weighted by Gasteiger charge is 2.18. The predicted octanol–water partition coefficient (Wildman–Crippen LogP) is 1.57. The second-order valence-electron chi connectivity index (χ2n) is 4.09. The topological polar surface area (TPSA) is 44.8 Å². The summed E-state index contributed by atoms with van der Waals surface area (Å²) >= 11 is 0. The first-order valence-electron chi connectivity index (χ1n) is 6.05. The van der Waals surface area contributed by atoms with Crippen molar-refractivity contribution in [2.45, 2.75) is 45.3 Å². The Balaban J connectivity index is 0.000000160. The molecule has 0 spiro atoms. The van der Waals surface area contributed by atoms with E-state index in [0.29, 0.717) is 6.10 Å². The third-order valence-corrected chi connectivity index (χ3v) is 2.72. The average molecular weight is 230 g/mol. The lowest BCUT2D eigenvalue weighted by atomic mass is 10.2. The molecule has 2 unspecified atom stereocenters. The molecule has 2 rings (SSSR count). The highest BCUT2D eigenvalue weighted by molar-refractivity contribution is 5.80. The van der Waals surface area contributed by atoms with Crippen molar-refractivity contribution in [1.29, 1.82) is 0 Å². The van der Waals surface area contributed by atoms with Crippen LogP contribution in [0.4, 0.5) is 0 Å². The summed E-state index contributed by atoms with van der Waals surface area (Å²) in [6, 6.07) is 0. The van der Waals surface area contributed by atoms with Gasteiger partial charge in [-0.25, -0.2) is 0 Å². The van der Waals surface area contributed by atoms with Crippen LogP contribution in [0.1, 0.15) is 33.1 Å². The van der Waals surface area contributed by atoms with Crippen LogP contribution in [0.2, 0.25) is 0 Å². The molecule has 0 radical (unpaired) electrons. The quantitative estimate of drug-likeness (QED) is 0.722. The Morgan fingerprint density at radius 3 is 2.38 bits per heavy atom. The summed E-state index contributed by atoms with van der Waals surface area (Å²) in [5, 5.41) is 0. The molecule has 2 aliphatic rings. The molecule has 0 aromatic heterocycles. The smallest absolute Gasteiger partial charge is 0.158 e. The van der Waals surface area contributed by atoms with Gasteiger partial charge in [-0.05, 0) is 26.2 Å². The molecule has 0 aromatic carbocycles. The lowest BCUT2D eigenvalue weighted by molar-refractivity contribution is -0.125. The Labute approximate surface area is 97.2 Å². The SMILES string of the molecule is CC(=O)C1CCCO1.CCC1COCCO1. The van der Waals surface area contributed by atoms with Gasteiger partial charge in [-0.15, -0.1) is 0 Å². The van der Waals surface area contributed by atoms with Crippen molar-refractivity contribution in [3.05, 3.63) is 0 Å². The molecule has 2 atom stereocenters. The molecule has 94 valence electrons. The maximum Gasteiger partial charge on any atom is 0.158 e. The fraction of sp³-hybridized carbons (Fsp3) is 0.917. The third-order valence-electron chi connectivity index (χ3n) is 2.72. The Morgan fingerprint density at radius 1 is 1.25 bits per heavy atom. The molecular weight excluding hydrogens is 208 g/mol. The number of ether oxygens (including phenoxy) is 3. The molecule has 0 N–H and O–H groups in total. The highest BCUT2D eigenvalue weighted by Crippen LogP contribution is 2.11. The van der Waals surface area contributed by atoms with E-state index in [2.05, 4.69) is 6.92 Å². The van der Waals surface area contributed by atoms with Crippen LogP contribution in [0.15, 0.2) is 0 Å². The zero-order valence-electron chi connectivity index (χ0n) is 10.2. The van der Waals surface area contributed by atoms with Crippen LogP contribution in [-0.4, -0.2) is 44.4 Å². The van der Waals surface area contributed by atoms with E-state index < -0.39 is 0 Å². The van der Waals surface area contributed by atoms with Gasteiger partial charge in [0.25, 0.3) is 0 Å². The van der Waals surface area contributed by atoms with Gasteiger partial charge in [0.05, 0.1) is 25.9 Å². The molecule has 16 heavy (non-hydrogen) atoms. The van der Waals surface area contributed by atoms with Crippen LogP contribution in [0.3, 0.4) is 0 Å². The van der Waals surface area contributed by atoms with Gasteiger partial charge < -0.3 is 14.2 Å². The van der Waals surface area contributed by atoms with Crippen molar-refractivity contribution in [1.82, 2.24) is 0 Å². The summed E-state index contributed by atoms with van der Waals surface area (Å²) in [6.45, 7) is 6.80. The minimum Gasteiger partial charge on any atom is -0.376 e. The maximum atomic E-state index is 10.5. The van der Waals surface area contributed by atoms with Gasteiger partial charge in [0.15, 0.2) is 5.78 Å². The Morgan fingerprint density at radius 2 is 2.06 bits per heavy atom. The molecule has 2 aliphatic heterocycles. The fourth-order valence-electron chi connectivity index (χ4n) is 1.67. The second-order valence-corrected chi connectivity index (χ2v) is 4.09. The lowest BCUT2D eigenvalue weighted by Crippen LogP contribution is -2.27. The van der Waals surface area contributed by atoms with Crippen molar-refractivity contribution in [3.63, 3.8) is 0 Å². The summed E-state index contributed by atoms with van der Waals surface area (Å²) in [4.78, 5) is 10.5. The number of carbonyl (C=O) groups excluding carboxylic acids is 1. The molecule has 0 aliphatic carbocycles. The number of Topliss-reactive ketones (excluding diaryl/α,β-unsaturated/α-hetero) is 1. The summed E-state index contributed by atoms with van der Waals surface area (Å²) < 4.78 is 15.5. The van der Waals surface area contributed by atoms with E-state index in [1.807, 2.05) is 0 Å². The zero-order valence-corrected chi connectivity index (χ0v) is 10.2. The van der Waals surface area contributed by atoms with Gasteiger partial charge in [0.1, 0.15) is 6.10 Å². The maximum absolute atomic E-state index is 10.5. The normalized spacial score (nSPS) is 29.4. The molecule has 4 heteroatoms. The minimum atomic E-state index is -0.0741. The van der Waals surface area contributed by atoms with Crippen LogP contribution < -0.4 is 0 Å². The number of hydrogen-bond acceptors (Lipinski definition) is 4. The van der Waals surface area contributed by atoms with Crippen molar-refractivity contribution in [2.24, 2.45) is 0 Å². The third kappa shape index (κ3) is 5.05. The summed E-state index contributed by atoms with van der Waals surface area (Å²) in [6.07, 6.45) is 3.33. The predicted molar refractivity (Wildman–Crippen MR) is 60.5 cm³/mol. The van der Waals surface area contributed by atoms with Gasteiger partial charge in [-0.1, -0.05) is 6.92 Å². The molecule has 4 nitrogen and oxygen atoms in total. The van der Waals surface area contributed by atoms with E-state index in [4.69, 9.17) is 14.2 Å². The molecule has 0 amide bonds. The van der Waals surface area contributed by atoms with Gasteiger partial charge in [0, 0.05) is 6.61 Å². The second kappa shape index (κ2) is 7.76. The first-order chi connectivity index (χ1) is 7.74. The Hall–Kier alpha value is -0.450. The van der Waals surface area contributed by atoms with Crippen LogP contribution >= 0.6 is 0 Å². The van der Waals surface area contributed by atoms with Crippen LogP contribution in [0, 0.1) is 0 Å². The van der Waals surface area contributed by atoms with Gasteiger partial charge >= 0.3 is 0 Å². The zero-order chi connectivity index (χ0) is 11.8. The highest BCUT2D eigenvalue weighted by atomic mass is 16.6. The van der Waals surface area contributed by atoms with Gasteiger partial charge in [-0.2, -0.15) is 0 Å². The van der Waals surface area contributed by atoms with Crippen molar-refractivity contribution < 1.29 is 19.0 Å². The fourth-order valence-corrected chi connectivity index (χ4v) is 1.67. The van der Waals surface area contributed by atoms with Crippen molar-refractivity contribution >= 4 is 5.78 Å². The number of rotatable bonds is 2. The lowest BCUT2D eigenvalue weighted by Gasteiger charge is -2.20. The molecular formula is C12H22O4. The van der Waals surface area contributed by atoms with E-state index in [1.54, 1.807) is 6.92 Å². The summed E-state index contributed by atoms with van der Waals surface area (Å²) in [5.74, 6) is 0.169. The molecule has 2 heterocycles. The summed E-state index contributed by atoms with van der Waals surface area (Å²) in [7, 11) is 0. The Bertz CT molecular complexity index is 193. The van der Waals surface area contributed by atoms with Crippen molar-refractivity contribution in [2.75, 3.05) is 26.4 Å². The first kappa shape index (κ1) is 13.6. The summed E-state index contributed by atoms with van der Waals surface area (Å²) in [5.41, 5.74) is 0. The number of hydrogen-bond donors (Lipinski definition) is 0. The minimum absolute atomic E-state index is 0.0741. The van der Waals surface area contributed by atoms with Gasteiger partial charge in [-0.3, -0.25) is 4.79 Å². The number of ketones is 1. The molecule has 2 fully saturated rings. The molecule has 2 saturated heterocycles. The van der Waals surface area contributed by atoms with E-state index in [-0.39, 0.29) is 11.9 Å². The van der Waals surface area contributed by atoms with Crippen LogP contribution in [-0.2, 0) is 19.0 Å². The molecule has 0 bridgehead atoms. The van der Waals surface area contributed by atoms with E-state index in [1.165, 1.54) is 0 Å². The number of carbonyl (C=O) groups is 1.